The summed E-state index contributed by atoms with van der Waals surface area (Å²) in [4.78, 5) is 36.0. The second kappa shape index (κ2) is 10.4. The maximum Gasteiger partial charge on any atom is 0.267 e. The average molecular weight is 587 g/mol. The molecular formula is C26H24BrN3O4S2. The van der Waals surface area contributed by atoms with Crippen molar-refractivity contribution in [3.8, 4) is 17.2 Å². The summed E-state index contributed by atoms with van der Waals surface area (Å²) in [6, 6.07) is 12.6. The fraction of sp³-hybridized carbons (Fsp3) is 0.269. The summed E-state index contributed by atoms with van der Waals surface area (Å²) in [5, 5.41) is 1.18. The number of aromatic nitrogens is 2. The highest BCUT2D eigenvalue weighted by molar-refractivity contribution is 9.10. The molecule has 0 unspecified atom stereocenters. The molecule has 10 heteroatoms. The number of carbonyl (C=O) groups is 1. The van der Waals surface area contributed by atoms with E-state index in [1.54, 1.807) is 48.3 Å². The number of thiophene rings is 1. The van der Waals surface area contributed by atoms with E-state index >= 15 is 0 Å². The number of nitrogens with zero attached hydrogens (tertiary/aromatic N) is 3. The number of hydrogen-bond acceptors (Lipinski definition) is 8. The molecule has 0 atom stereocenters. The first-order valence-corrected chi connectivity index (χ1v) is 13.9. The molecule has 0 radical (unpaired) electrons. The summed E-state index contributed by atoms with van der Waals surface area (Å²) in [6.45, 7) is 1.72. The summed E-state index contributed by atoms with van der Waals surface area (Å²) in [6.07, 6.45) is 0.822. The number of likely N-dealkylation sites (N-methyl/N-ethyl adjacent to an activating group) is 1. The van der Waals surface area contributed by atoms with Gasteiger partial charge >= 0.3 is 0 Å². The second-order valence-electron chi connectivity index (χ2n) is 8.47. The number of ether oxygens (including phenoxy) is 2. The Morgan fingerprint density at radius 1 is 1.17 bits per heavy atom. The molecule has 4 aromatic rings. The lowest BCUT2D eigenvalue weighted by Gasteiger charge is -2.21. The second-order valence-corrected chi connectivity index (χ2v) is 11.3. The fourth-order valence-corrected chi connectivity index (χ4v) is 7.05. The Bertz CT molecular complexity index is 1510. The predicted octanol–water partition coefficient (Wildman–Crippen LogP) is 5.19. The van der Waals surface area contributed by atoms with Crippen LogP contribution in [0, 0.1) is 0 Å². The minimum Gasteiger partial charge on any atom is -0.497 e. The van der Waals surface area contributed by atoms with Crippen LogP contribution in [0.5, 0.6) is 11.5 Å². The SMILES string of the molecule is COc1ccc(-n2c(SCC(=O)c3ccc(OC)c(Br)c3)nc3sc4c(c3c2=O)CCN(C)C4)cc1. The van der Waals surface area contributed by atoms with E-state index in [4.69, 9.17) is 14.5 Å². The zero-order valence-electron chi connectivity index (χ0n) is 20.0. The van der Waals surface area contributed by atoms with Gasteiger partial charge in [0, 0.05) is 23.5 Å². The number of methoxy groups -OCH3 is 2. The average Bonchev–Trinajstić information content (AvgIpc) is 3.25. The Morgan fingerprint density at radius 2 is 1.94 bits per heavy atom. The van der Waals surface area contributed by atoms with Crippen molar-refractivity contribution in [2.24, 2.45) is 0 Å². The molecule has 186 valence electrons. The van der Waals surface area contributed by atoms with Gasteiger partial charge in [0.25, 0.3) is 5.56 Å². The first-order valence-electron chi connectivity index (χ1n) is 11.3. The van der Waals surface area contributed by atoms with E-state index in [1.165, 1.54) is 16.6 Å². The van der Waals surface area contributed by atoms with Crippen LogP contribution in [0.25, 0.3) is 15.9 Å². The molecule has 0 N–H and O–H groups in total. The topological polar surface area (TPSA) is 73.7 Å². The van der Waals surface area contributed by atoms with Gasteiger partial charge in [-0.25, -0.2) is 4.98 Å². The van der Waals surface area contributed by atoms with Crippen molar-refractivity contribution in [1.29, 1.82) is 0 Å². The molecule has 36 heavy (non-hydrogen) atoms. The van der Waals surface area contributed by atoms with Gasteiger partial charge in [-0.15, -0.1) is 11.3 Å². The van der Waals surface area contributed by atoms with Gasteiger partial charge in [0.05, 0.1) is 35.5 Å². The highest BCUT2D eigenvalue weighted by Crippen LogP contribution is 2.34. The van der Waals surface area contributed by atoms with Crippen molar-refractivity contribution in [3.63, 3.8) is 0 Å². The number of halogens is 1. The van der Waals surface area contributed by atoms with Crippen LogP contribution in [0.3, 0.4) is 0 Å². The van der Waals surface area contributed by atoms with Gasteiger partial charge in [-0.05, 0) is 77.4 Å². The Hall–Kier alpha value is -2.66. The molecule has 1 aliphatic rings. The standard InChI is InChI=1S/C26H24BrN3O4S2/c1-29-11-10-18-22(13-29)36-24-23(18)25(32)30(16-5-7-17(33-2)8-6-16)26(28-24)35-14-20(31)15-4-9-21(34-3)19(27)12-15/h4-9,12H,10-11,13-14H2,1-3H3. The Morgan fingerprint density at radius 3 is 2.64 bits per heavy atom. The van der Waals surface area contributed by atoms with Gasteiger partial charge in [0.1, 0.15) is 16.3 Å². The van der Waals surface area contributed by atoms with Crippen LogP contribution in [0.2, 0.25) is 0 Å². The van der Waals surface area contributed by atoms with Crippen LogP contribution >= 0.6 is 39.0 Å². The van der Waals surface area contributed by atoms with Crippen molar-refractivity contribution >= 4 is 55.0 Å². The molecule has 0 saturated carbocycles. The van der Waals surface area contributed by atoms with E-state index < -0.39 is 0 Å². The zero-order chi connectivity index (χ0) is 25.4. The molecule has 5 rings (SSSR count). The van der Waals surface area contributed by atoms with Crippen molar-refractivity contribution in [2.45, 2.75) is 18.1 Å². The van der Waals surface area contributed by atoms with Crippen molar-refractivity contribution < 1.29 is 14.3 Å². The summed E-state index contributed by atoms with van der Waals surface area (Å²) >= 11 is 6.28. The number of benzene rings is 2. The highest BCUT2D eigenvalue weighted by atomic mass is 79.9. The summed E-state index contributed by atoms with van der Waals surface area (Å²) in [7, 11) is 5.27. The number of rotatable bonds is 7. The maximum atomic E-state index is 13.9. The van der Waals surface area contributed by atoms with Crippen LogP contribution in [-0.4, -0.2) is 53.8 Å². The van der Waals surface area contributed by atoms with Gasteiger partial charge < -0.3 is 14.4 Å². The van der Waals surface area contributed by atoms with Crippen LogP contribution in [0.1, 0.15) is 20.8 Å². The smallest absolute Gasteiger partial charge is 0.267 e. The third-order valence-corrected chi connectivity index (χ3v) is 8.84. The Kier molecular flexibility index (Phi) is 7.21. The third kappa shape index (κ3) is 4.70. The Labute approximate surface area is 225 Å². The maximum absolute atomic E-state index is 13.9. The summed E-state index contributed by atoms with van der Waals surface area (Å²) in [5.41, 5.74) is 2.24. The first-order chi connectivity index (χ1) is 17.4. The number of fused-ring (bicyclic) bond motifs is 3. The van der Waals surface area contributed by atoms with Crippen LogP contribution in [-0.2, 0) is 13.0 Å². The molecule has 0 spiro atoms. The highest BCUT2D eigenvalue weighted by Gasteiger charge is 2.25. The number of thioether (sulfide) groups is 1. The minimum atomic E-state index is -0.102. The molecule has 0 fully saturated rings. The van der Waals surface area contributed by atoms with E-state index in [9.17, 15) is 9.59 Å². The lowest BCUT2D eigenvalue weighted by molar-refractivity contribution is 0.102. The Balaban J connectivity index is 1.56. The van der Waals surface area contributed by atoms with Crippen LogP contribution < -0.4 is 15.0 Å². The largest absolute Gasteiger partial charge is 0.497 e. The molecule has 2 aromatic carbocycles. The monoisotopic (exact) mass is 585 g/mol. The van der Waals surface area contributed by atoms with E-state index in [0.29, 0.717) is 37.8 Å². The molecule has 0 saturated heterocycles. The zero-order valence-corrected chi connectivity index (χ0v) is 23.3. The third-order valence-electron chi connectivity index (χ3n) is 6.17. The van der Waals surface area contributed by atoms with E-state index in [2.05, 4.69) is 27.9 Å². The van der Waals surface area contributed by atoms with E-state index in [0.717, 1.165) is 29.9 Å². The summed E-state index contributed by atoms with van der Waals surface area (Å²) in [5.74, 6) is 1.44. The molecule has 0 amide bonds. The van der Waals surface area contributed by atoms with E-state index in [1.807, 2.05) is 24.3 Å². The van der Waals surface area contributed by atoms with Crippen molar-refractivity contribution in [2.75, 3.05) is 33.6 Å². The van der Waals surface area contributed by atoms with E-state index in [-0.39, 0.29) is 17.1 Å². The van der Waals surface area contributed by atoms with Crippen molar-refractivity contribution in [3.05, 3.63) is 73.3 Å². The van der Waals surface area contributed by atoms with Gasteiger partial charge in [0.2, 0.25) is 0 Å². The molecule has 2 aromatic heterocycles. The number of Topliss-reactive ketones (excluding diaryl/α,β-unsaturated/α-hetero) is 1. The molecule has 3 heterocycles. The van der Waals surface area contributed by atoms with Crippen LogP contribution in [0.4, 0.5) is 0 Å². The van der Waals surface area contributed by atoms with Crippen LogP contribution in [0.15, 0.2) is 56.9 Å². The first kappa shape index (κ1) is 25.0. The molecule has 0 bridgehead atoms. The molecular weight excluding hydrogens is 562 g/mol. The van der Waals surface area contributed by atoms with Crippen molar-refractivity contribution in [1.82, 2.24) is 14.5 Å². The fourth-order valence-electron chi connectivity index (χ4n) is 4.26. The lowest BCUT2D eigenvalue weighted by atomic mass is 10.1. The number of hydrogen-bond donors (Lipinski definition) is 0. The van der Waals surface area contributed by atoms with Gasteiger partial charge in [-0.2, -0.15) is 0 Å². The van der Waals surface area contributed by atoms with Gasteiger partial charge in [0.15, 0.2) is 10.9 Å². The minimum absolute atomic E-state index is 0.0638. The quantitative estimate of drug-likeness (QED) is 0.168. The number of carbonyl (C=O) groups excluding carboxylic acids is 1. The van der Waals surface area contributed by atoms with Gasteiger partial charge in [-0.1, -0.05) is 11.8 Å². The summed E-state index contributed by atoms with van der Waals surface area (Å²) < 4.78 is 12.9. The van der Waals surface area contributed by atoms with Gasteiger partial charge in [-0.3, -0.25) is 14.2 Å². The molecule has 7 nitrogen and oxygen atoms in total. The normalized spacial score (nSPS) is 13.6. The molecule has 1 aliphatic heterocycles. The lowest BCUT2D eigenvalue weighted by Crippen LogP contribution is -2.27. The molecule has 0 aliphatic carbocycles. The predicted molar refractivity (Wildman–Crippen MR) is 148 cm³/mol. The number of ketones is 1.